The van der Waals surface area contributed by atoms with Crippen LogP contribution in [0.25, 0.3) is 0 Å². The minimum atomic E-state index is 0.316. The second-order valence-corrected chi connectivity index (χ2v) is 6.12. The summed E-state index contributed by atoms with van der Waals surface area (Å²) in [6, 6.07) is 6.51. The summed E-state index contributed by atoms with van der Waals surface area (Å²) >= 11 is 3.55. The van der Waals surface area contributed by atoms with E-state index in [2.05, 4.69) is 34.2 Å². The lowest BCUT2D eigenvalue weighted by molar-refractivity contribution is 0.0995. The third-order valence-electron chi connectivity index (χ3n) is 3.82. The van der Waals surface area contributed by atoms with Gasteiger partial charge in [-0.3, -0.25) is 0 Å². The lowest BCUT2D eigenvalue weighted by Crippen LogP contribution is -2.23. The van der Waals surface area contributed by atoms with Gasteiger partial charge in [-0.05, 0) is 50.4 Å². The van der Waals surface area contributed by atoms with Gasteiger partial charge in [0.2, 0.25) is 0 Å². The summed E-state index contributed by atoms with van der Waals surface area (Å²) in [6.45, 7) is 4.02. The molecular weight excluding hydrogens is 318 g/mol. The van der Waals surface area contributed by atoms with Crippen LogP contribution in [0.1, 0.15) is 44.2 Å². The molecule has 0 aromatic heterocycles. The molecule has 1 N–H and O–H groups in total. The Balaban J connectivity index is 2.07. The predicted molar refractivity (Wildman–Crippen MR) is 85.3 cm³/mol. The molecule has 0 bridgehead atoms. The summed E-state index contributed by atoms with van der Waals surface area (Å²) in [4.78, 5) is 0. The summed E-state index contributed by atoms with van der Waals surface area (Å²) in [5.74, 6) is 0.950. The zero-order valence-electron chi connectivity index (χ0n) is 12.3. The summed E-state index contributed by atoms with van der Waals surface area (Å²) < 4.78 is 12.3. The van der Waals surface area contributed by atoms with Gasteiger partial charge in [0.15, 0.2) is 0 Å². The Labute approximate surface area is 130 Å². The Morgan fingerprint density at radius 2 is 2.35 bits per heavy atom. The van der Waals surface area contributed by atoms with E-state index in [-0.39, 0.29) is 0 Å². The number of halogens is 1. The largest absolute Gasteiger partial charge is 0.496 e. The molecule has 2 rings (SSSR count). The third-order valence-corrected chi connectivity index (χ3v) is 4.31. The smallest absolute Gasteiger partial charge is 0.123 e. The fourth-order valence-electron chi connectivity index (χ4n) is 2.82. The summed E-state index contributed by atoms with van der Waals surface area (Å²) in [7, 11) is 1.73. The first-order valence-electron chi connectivity index (χ1n) is 7.43. The molecule has 1 fully saturated rings. The second kappa shape index (κ2) is 8.01. The molecule has 1 saturated heterocycles. The lowest BCUT2D eigenvalue weighted by atomic mass is 9.98. The minimum absolute atomic E-state index is 0.316. The molecule has 2 atom stereocenters. The van der Waals surface area contributed by atoms with Crippen molar-refractivity contribution in [1.29, 1.82) is 0 Å². The molecule has 0 saturated carbocycles. The van der Waals surface area contributed by atoms with Crippen LogP contribution >= 0.6 is 15.9 Å². The van der Waals surface area contributed by atoms with E-state index in [1.165, 1.54) is 18.4 Å². The standard InChI is InChI=1S/C16H24BrNO2/c1-3-18-15(8-7-13-5-4-10-20-13)14-11-12(17)6-9-16(14)19-2/h6,9,11,13,15,18H,3-5,7-8,10H2,1-2H3. The van der Waals surface area contributed by atoms with Gasteiger partial charge in [-0.25, -0.2) is 0 Å². The first-order valence-corrected chi connectivity index (χ1v) is 8.22. The monoisotopic (exact) mass is 341 g/mol. The van der Waals surface area contributed by atoms with E-state index in [9.17, 15) is 0 Å². The van der Waals surface area contributed by atoms with E-state index in [4.69, 9.17) is 9.47 Å². The Morgan fingerprint density at radius 1 is 1.50 bits per heavy atom. The van der Waals surface area contributed by atoms with Gasteiger partial charge < -0.3 is 14.8 Å². The van der Waals surface area contributed by atoms with Crippen LogP contribution in [0.3, 0.4) is 0 Å². The second-order valence-electron chi connectivity index (χ2n) is 5.21. The Bertz CT molecular complexity index is 419. The normalized spacial score (nSPS) is 20.1. The summed E-state index contributed by atoms with van der Waals surface area (Å²) in [6.07, 6.45) is 5.03. The zero-order chi connectivity index (χ0) is 14.4. The Hall–Kier alpha value is -0.580. The Morgan fingerprint density at radius 3 is 3.00 bits per heavy atom. The fraction of sp³-hybridized carbons (Fsp3) is 0.625. The third kappa shape index (κ3) is 4.21. The number of hydrogen-bond acceptors (Lipinski definition) is 3. The number of methoxy groups -OCH3 is 1. The highest BCUT2D eigenvalue weighted by molar-refractivity contribution is 9.10. The average Bonchev–Trinajstić information content (AvgIpc) is 2.96. The molecule has 0 aliphatic carbocycles. The average molecular weight is 342 g/mol. The predicted octanol–water partition coefficient (Wildman–Crippen LogP) is 4.07. The number of benzene rings is 1. The summed E-state index contributed by atoms with van der Waals surface area (Å²) in [5.41, 5.74) is 1.22. The van der Waals surface area contributed by atoms with E-state index < -0.39 is 0 Å². The zero-order valence-corrected chi connectivity index (χ0v) is 13.9. The minimum Gasteiger partial charge on any atom is -0.496 e. The Kier molecular flexibility index (Phi) is 6.33. The van der Waals surface area contributed by atoms with Gasteiger partial charge >= 0.3 is 0 Å². The number of nitrogens with one attached hydrogen (secondary N) is 1. The fourth-order valence-corrected chi connectivity index (χ4v) is 3.19. The van der Waals surface area contributed by atoms with Gasteiger partial charge in [0, 0.05) is 22.7 Å². The SMILES string of the molecule is CCNC(CCC1CCCO1)c1cc(Br)ccc1OC. The van der Waals surface area contributed by atoms with Crippen LogP contribution in [0.15, 0.2) is 22.7 Å². The van der Waals surface area contributed by atoms with Gasteiger partial charge in [0.05, 0.1) is 13.2 Å². The molecular formula is C16H24BrNO2. The first-order chi connectivity index (χ1) is 9.74. The highest BCUT2D eigenvalue weighted by atomic mass is 79.9. The van der Waals surface area contributed by atoms with Crippen molar-refractivity contribution in [2.75, 3.05) is 20.3 Å². The molecule has 20 heavy (non-hydrogen) atoms. The van der Waals surface area contributed by atoms with Crippen LogP contribution in [0.2, 0.25) is 0 Å². The number of hydrogen-bond donors (Lipinski definition) is 1. The van der Waals surface area contributed by atoms with Crippen LogP contribution < -0.4 is 10.1 Å². The summed E-state index contributed by atoms with van der Waals surface area (Å²) in [5, 5.41) is 3.57. The van der Waals surface area contributed by atoms with E-state index in [1.807, 2.05) is 12.1 Å². The number of ether oxygens (including phenoxy) is 2. The van der Waals surface area contributed by atoms with E-state index in [1.54, 1.807) is 7.11 Å². The molecule has 3 nitrogen and oxygen atoms in total. The molecule has 0 spiro atoms. The van der Waals surface area contributed by atoms with Crippen molar-refractivity contribution >= 4 is 15.9 Å². The van der Waals surface area contributed by atoms with Crippen molar-refractivity contribution in [1.82, 2.24) is 5.32 Å². The van der Waals surface area contributed by atoms with Gasteiger partial charge in [-0.15, -0.1) is 0 Å². The van der Waals surface area contributed by atoms with Crippen LogP contribution in [0.4, 0.5) is 0 Å². The molecule has 1 aliphatic rings. The lowest BCUT2D eigenvalue weighted by Gasteiger charge is -2.22. The highest BCUT2D eigenvalue weighted by Crippen LogP contribution is 2.32. The van der Waals surface area contributed by atoms with Crippen molar-refractivity contribution in [2.45, 2.75) is 44.8 Å². The molecule has 1 heterocycles. The van der Waals surface area contributed by atoms with E-state index in [0.29, 0.717) is 12.1 Å². The van der Waals surface area contributed by atoms with Gasteiger partial charge in [-0.2, -0.15) is 0 Å². The highest BCUT2D eigenvalue weighted by Gasteiger charge is 2.20. The molecule has 1 aliphatic heterocycles. The maximum atomic E-state index is 5.73. The van der Waals surface area contributed by atoms with Gasteiger partial charge in [-0.1, -0.05) is 22.9 Å². The van der Waals surface area contributed by atoms with Crippen molar-refractivity contribution in [3.05, 3.63) is 28.2 Å². The molecule has 0 radical (unpaired) electrons. The van der Waals surface area contributed by atoms with Crippen molar-refractivity contribution in [3.63, 3.8) is 0 Å². The molecule has 4 heteroatoms. The van der Waals surface area contributed by atoms with Crippen LogP contribution in [-0.4, -0.2) is 26.4 Å². The van der Waals surface area contributed by atoms with E-state index >= 15 is 0 Å². The number of rotatable bonds is 7. The maximum Gasteiger partial charge on any atom is 0.123 e. The van der Waals surface area contributed by atoms with Crippen molar-refractivity contribution in [3.8, 4) is 5.75 Å². The molecule has 2 unspecified atom stereocenters. The molecule has 112 valence electrons. The maximum absolute atomic E-state index is 5.73. The topological polar surface area (TPSA) is 30.5 Å². The van der Waals surface area contributed by atoms with Crippen molar-refractivity contribution < 1.29 is 9.47 Å². The molecule has 0 amide bonds. The molecule has 1 aromatic rings. The first kappa shape index (κ1) is 15.8. The van der Waals surface area contributed by atoms with Crippen LogP contribution in [0.5, 0.6) is 5.75 Å². The van der Waals surface area contributed by atoms with Gasteiger partial charge in [0.25, 0.3) is 0 Å². The van der Waals surface area contributed by atoms with Crippen LogP contribution in [-0.2, 0) is 4.74 Å². The van der Waals surface area contributed by atoms with Crippen molar-refractivity contribution in [2.24, 2.45) is 0 Å². The van der Waals surface area contributed by atoms with E-state index in [0.717, 1.165) is 36.2 Å². The van der Waals surface area contributed by atoms with Gasteiger partial charge in [0.1, 0.15) is 5.75 Å². The quantitative estimate of drug-likeness (QED) is 0.810. The molecule has 1 aromatic carbocycles. The van der Waals surface area contributed by atoms with Crippen LogP contribution in [0, 0.1) is 0 Å².